The second-order valence-corrected chi connectivity index (χ2v) is 7.11. The molecule has 0 bridgehead atoms. The molecule has 0 aromatic carbocycles. The maximum Gasteiger partial charge on any atom is 0.246 e. The smallest absolute Gasteiger partial charge is 0.246 e. The van der Waals surface area contributed by atoms with E-state index in [0.717, 1.165) is 18.5 Å². The Labute approximate surface area is 123 Å². The molecule has 8 heteroatoms. The molecule has 1 atom stereocenters. The van der Waals surface area contributed by atoms with Crippen LogP contribution in [0.5, 0.6) is 0 Å². The van der Waals surface area contributed by atoms with E-state index in [4.69, 9.17) is 4.42 Å². The van der Waals surface area contributed by atoms with Crippen LogP contribution in [-0.2, 0) is 10.0 Å². The lowest BCUT2D eigenvalue weighted by Gasteiger charge is -2.30. The number of aromatic nitrogens is 3. The SMILES string of the molecule is CS(=O)(=O)N1CCC[C@@H](c2cncc(-c3ncco3)n2)C1. The Bertz CT molecular complexity index is 715. The molecule has 1 saturated heterocycles. The molecule has 0 saturated carbocycles. The van der Waals surface area contributed by atoms with Crippen molar-refractivity contribution in [3.05, 3.63) is 30.5 Å². The summed E-state index contributed by atoms with van der Waals surface area (Å²) in [6, 6.07) is 0. The minimum absolute atomic E-state index is 0.0517. The summed E-state index contributed by atoms with van der Waals surface area (Å²) in [5.74, 6) is 0.469. The zero-order valence-corrected chi connectivity index (χ0v) is 12.5. The number of sulfonamides is 1. The maximum atomic E-state index is 11.7. The van der Waals surface area contributed by atoms with Gasteiger partial charge in [0.15, 0.2) is 0 Å². The zero-order chi connectivity index (χ0) is 14.9. The molecule has 7 nitrogen and oxygen atoms in total. The highest BCUT2D eigenvalue weighted by Crippen LogP contribution is 2.27. The lowest BCUT2D eigenvalue weighted by atomic mass is 9.96. The summed E-state index contributed by atoms with van der Waals surface area (Å²) in [6.45, 7) is 1.02. The van der Waals surface area contributed by atoms with Crippen LogP contribution in [0.1, 0.15) is 24.5 Å². The van der Waals surface area contributed by atoms with Crippen molar-refractivity contribution in [2.75, 3.05) is 19.3 Å². The minimum atomic E-state index is -3.17. The van der Waals surface area contributed by atoms with Gasteiger partial charge in [0, 0.05) is 25.2 Å². The Morgan fingerprint density at radius 2 is 2.24 bits per heavy atom. The molecule has 1 aliphatic rings. The monoisotopic (exact) mass is 308 g/mol. The molecule has 0 spiro atoms. The van der Waals surface area contributed by atoms with Gasteiger partial charge in [0.25, 0.3) is 0 Å². The molecular weight excluding hydrogens is 292 g/mol. The number of hydrogen-bond donors (Lipinski definition) is 0. The molecule has 0 N–H and O–H groups in total. The standard InChI is InChI=1S/C13H16N4O3S/c1-21(18,19)17-5-2-3-10(9-17)11-7-14-8-12(16-11)13-15-4-6-20-13/h4,6-8,10H,2-3,5,9H2,1H3/t10-/m1/s1. The Balaban J connectivity index is 1.85. The van der Waals surface area contributed by atoms with Crippen LogP contribution in [0.4, 0.5) is 0 Å². The molecule has 3 rings (SSSR count). The number of piperidine rings is 1. The Morgan fingerprint density at radius 1 is 1.38 bits per heavy atom. The van der Waals surface area contributed by atoms with Gasteiger partial charge in [-0.2, -0.15) is 0 Å². The van der Waals surface area contributed by atoms with Crippen LogP contribution in [0.2, 0.25) is 0 Å². The van der Waals surface area contributed by atoms with E-state index in [-0.39, 0.29) is 5.92 Å². The van der Waals surface area contributed by atoms with Gasteiger partial charge in [-0.1, -0.05) is 0 Å². The molecule has 0 unspecified atom stereocenters. The first-order chi connectivity index (χ1) is 10.0. The van der Waals surface area contributed by atoms with E-state index >= 15 is 0 Å². The summed E-state index contributed by atoms with van der Waals surface area (Å²) in [5, 5.41) is 0. The van der Waals surface area contributed by atoms with Crippen LogP contribution >= 0.6 is 0 Å². The van der Waals surface area contributed by atoms with E-state index in [0.29, 0.717) is 24.7 Å². The molecule has 0 radical (unpaired) electrons. The molecule has 3 heterocycles. The van der Waals surface area contributed by atoms with E-state index < -0.39 is 10.0 Å². The highest BCUT2D eigenvalue weighted by molar-refractivity contribution is 7.88. The van der Waals surface area contributed by atoms with Crippen molar-refractivity contribution in [3.8, 4) is 11.6 Å². The van der Waals surface area contributed by atoms with Gasteiger partial charge in [0.2, 0.25) is 15.9 Å². The first kappa shape index (κ1) is 14.2. The number of rotatable bonds is 3. The number of oxazole rings is 1. The highest BCUT2D eigenvalue weighted by Gasteiger charge is 2.28. The van der Waals surface area contributed by atoms with Crippen LogP contribution < -0.4 is 0 Å². The van der Waals surface area contributed by atoms with Crippen molar-refractivity contribution in [2.45, 2.75) is 18.8 Å². The fourth-order valence-electron chi connectivity index (χ4n) is 2.52. The third-order valence-corrected chi connectivity index (χ3v) is 4.85. The summed E-state index contributed by atoms with van der Waals surface area (Å²) in [7, 11) is -3.17. The van der Waals surface area contributed by atoms with Crippen LogP contribution in [0.15, 0.2) is 29.3 Å². The van der Waals surface area contributed by atoms with Gasteiger partial charge in [-0.05, 0) is 12.8 Å². The summed E-state index contributed by atoms with van der Waals surface area (Å²) in [5.41, 5.74) is 1.34. The van der Waals surface area contributed by atoms with E-state index in [9.17, 15) is 8.42 Å². The van der Waals surface area contributed by atoms with Crippen molar-refractivity contribution in [1.82, 2.24) is 19.3 Å². The second kappa shape index (κ2) is 5.53. The van der Waals surface area contributed by atoms with E-state index in [1.165, 1.54) is 16.8 Å². The van der Waals surface area contributed by atoms with Gasteiger partial charge in [0.1, 0.15) is 12.0 Å². The average molecular weight is 308 g/mol. The van der Waals surface area contributed by atoms with Crippen molar-refractivity contribution in [1.29, 1.82) is 0 Å². The predicted molar refractivity (Wildman–Crippen MR) is 75.9 cm³/mol. The Kier molecular flexibility index (Phi) is 3.73. The van der Waals surface area contributed by atoms with Crippen LogP contribution in [0.25, 0.3) is 11.6 Å². The Morgan fingerprint density at radius 3 is 2.95 bits per heavy atom. The Hall–Kier alpha value is -1.80. The van der Waals surface area contributed by atoms with Crippen LogP contribution in [-0.4, -0.2) is 47.0 Å². The molecule has 2 aromatic rings. The average Bonchev–Trinajstić information content (AvgIpc) is 3.01. The molecule has 1 aliphatic heterocycles. The lowest BCUT2D eigenvalue weighted by molar-refractivity contribution is 0.314. The van der Waals surface area contributed by atoms with E-state index in [1.54, 1.807) is 18.6 Å². The minimum Gasteiger partial charge on any atom is -0.443 e. The summed E-state index contributed by atoms with van der Waals surface area (Å²) in [4.78, 5) is 12.7. The van der Waals surface area contributed by atoms with Gasteiger partial charge < -0.3 is 4.42 Å². The van der Waals surface area contributed by atoms with Gasteiger partial charge in [-0.3, -0.25) is 4.98 Å². The van der Waals surface area contributed by atoms with Gasteiger partial charge >= 0.3 is 0 Å². The predicted octanol–water partition coefficient (Wildman–Crippen LogP) is 1.27. The number of nitrogens with zero attached hydrogens (tertiary/aromatic N) is 4. The quantitative estimate of drug-likeness (QED) is 0.848. The summed E-state index contributed by atoms with van der Waals surface area (Å²) < 4.78 is 30.1. The maximum absolute atomic E-state index is 11.7. The van der Waals surface area contributed by atoms with Crippen molar-refractivity contribution < 1.29 is 12.8 Å². The molecule has 1 fully saturated rings. The second-order valence-electron chi connectivity index (χ2n) is 5.13. The molecule has 0 aliphatic carbocycles. The first-order valence-corrected chi connectivity index (χ1v) is 8.56. The third kappa shape index (κ3) is 3.11. The molecule has 112 valence electrons. The van der Waals surface area contributed by atoms with Gasteiger partial charge in [-0.15, -0.1) is 0 Å². The third-order valence-electron chi connectivity index (χ3n) is 3.58. The molecule has 2 aromatic heterocycles. The largest absolute Gasteiger partial charge is 0.443 e. The van der Waals surface area contributed by atoms with Crippen molar-refractivity contribution in [2.24, 2.45) is 0 Å². The normalized spacial score (nSPS) is 20.5. The van der Waals surface area contributed by atoms with Crippen LogP contribution in [0.3, 0.4) is 0 Å². The zero-order valence-electron chi connectivity index (χ0n) is 11.6. The molecule has 0 amide bonds. The van der Waals surface area contributed by atoms with Gasteiger partial charge in [-0.25, -0.2) is 22.7 Å². The first-order valence-electron chi connectivity index (χ1n) is 6.71. The summed E-state index contributed by atoms with van der Waals surface area (Å²) in [6.07, 6.45) is 9.27. The van der Waals surface area contributed by atoms with Gasteiger partial charge in [0.05, 0.1) is 24.3 Å². The highest BCUT2D eigenvalue weighted by atomic mass is 32.2. The topological polar surface area (TPSA) is 89.2 Å². The molecular formula is C13H16N4O3S. The number of hydrogen-bond acceptors (Lipinski definition) is 6. The van der Waals surface area contributed by atoms with E-state index in [1.807, 2.05) is 0 Å². The lowest BCUT2D eigenvalue weighted by Crippen LogP contribution is -2.38. The van der Waals surface area contributed by atoms with Crippen molar-refractivity contribution in [3.63, 3.8) is 0 Å². The van der Waals surface area contributed by atoms with E-state index in [2.05, 4.69) is 15.0 Å². The molecule has 21 heavy (non-hydrogen) atoms. The fourth-order valence-corrected chi connectivity index (χ4v) is 3.43. The fraction of sp³-hybridized carbons (Fsp3) is 0.462. The summed E-state index contributed by atoms with van der Waals surface area (Å²) >= 11 is 0. The van der Waals surface area contributed by atoms with Crippen LogP contribution in [0, 0.1) is 0 Å². The van der Waals surface area contributed by atoms with Crippen molar-refractivity contribution >= 4 is 10.0 Å².